The average molecular weight is 253 g/mol. The van der Waals surface area contributed by atoms with Gasteiger partial charge in [-0.25, -0.2) is 4.98 Å². The maximum atomic E-state index is 5.79. The molecule has 0 unspecified atom stereocenters. The van der Waals surface area contributed by atoms with Crippen molar-refractivity contribution < 1.29 is 0 Å². The summed E-state index contributed by atoms with van der Waals surface area (Å²) < 4.78 is 0. The summed E-state index contributed by atoms with van der Waals surface area (Å²) in [5.74, 6) is 0.485. The predicted octanol–water partition coefficient (Wildman–Crippen LogP) is 4.66. The van der Waals surface area contributed by atoms with Gasteiger partial charge < -0.3 is 5.32 Å². The maximum Gasteiger partial charge on any atom is 0.188 e. The molecule has 84 valence electrons. The zero-order chi connectivity index (χ0) is 11.5. The Hall–Kier alpha value is -1.06. The normalized spacial score (nSPS) is 10.8. The number of nitrogens with zero attached hydrogens (tertiary/aromatic N) is 1. The Labute approximate surface area is 104 Å². The zero-order valence-corrected chi connectivity index (χ0v) is 10.8. The van der Waals surface area contributed by atoms with Gasteiger partial charge in [-0.15, -0.1) is 11.3 Å². The van der Waals surface area contributed by atoms with E-state index in [4.69, 9.17) is 11.6 Å². The Bertz CT molecular complexity index is 479. The smallest absolute Gasteiger partial charge is 0.188 e. The molecule has 2 aromatic rings. The van der Waals surface area contributed by atoms with Crippen molar-refractivity contribution in [2.45, 2.75) is 19.8 Å². The van der Waals surface area contributed by atoms with Crippen LogP contribution >= 0.6 is 22.9 Å². The van der Waals surface area contributed by atoms with E-state index in [-0.39, 0.29) is 0 Å². The van der Waals surface area contributed by atoms with Crippen LogP contribution in [0.25, 0.3) is 0 Å². The van der Waals surface area contributed by atoms with Crippen LogP contribution in [0, 0.1) is 0 Å². The molecule has 4 heteroatoms. The third kappa shape index (κ3) is 2.54. The van der Waals surface area contributed by atoms with E-state index in [9.17, 15) is 0 Å². The number of thiazole rings is 1. The molecule has 0 radical (unpaired) electrons. The highest BCUT2D eigenvalue weighted by Crippen LogP contribution is 2.28. The Morgan fingerprint density at radius 1 is 1.31 bits per heavy atom. The Kier molecular flexibility index (Phi) is 3.46. The minimum Gasteiger partial charge on any atom is -0.331 e. The summed E-state index contributed by atoms with van der Waals surface area (Å²) in [5.41, 5.74) is 2.39. The van der Waals surface area contributed by atoms with Gasteiger partial charge in [0.2, 0.25) is 0 Å². The lowest BCUT2D eigenvalue weighted by atomic mass is 10.0. The van der Waals surface area contributed by atoms with E-state index in [1.165, 1.54) is 16.9 Å². The van der Waals surface area contributed by atoms with E-state index >= 15 is 0 Å². The molecule has 2 rings (SSSR count). The second-order valence-electron chi connectivity index (χ2n) is 3.84. The van der Waals surface area contributed by atoms with Crippen LogP contribution in [0.15, 0.2) is 29.6 Å². The van der Waals surface area contributed by atoms with Gasteiger partial charge in [-0.1, -0.05) is 43.6 Å². The van der Waals surface area contributed by atoms with Crippen molar-refractivity contribution >= 4 is 33.8 Å². The molecule has 0 atom stereocenters. The molecule has 0 fully saturated rings. The van der Waals surface area contributed by atoms with Crippen LogP contribution in [0.5, 0.6) is 0 Å². The molecule has 1 N–H and O–H groups in total. The van der Waals surface area contributed by atoms with Gasteiger partial charge in [-0.05, 0) is 17.5 Å². The average Bonchev–Trinajstić information content (AvgIpc) is 2.64. The Balaban J connectivity index is 2.27. The fraction of sp³-hybridized carbons (Fsp3) is 0.250. The van der Waals surface area contributed by atoms with E-state index in [2.05, 4.69) is 42.3 Å². The van der Waals surface area contributed by atoms with Crippen LogP contribution in [0.4, 0.5) is 10.8 Å². The standard InChI is InChI=1S/C12H13ClN2S/c1-8(2)9-5-3-4-6-10(9)14-12-15-11(13)7-16-12/h3-8H,1-2H3,(H,14,15). The van der Waals surface area contributed by atoms with Crippen molar-refractivity contribution in [3.8, 4) is 0 Å². The first kappa shape index (κ1) is 11.4. The summed E-state index contributed by atoms with van der Waals surface area (Å²) in [6.45, 7) is 4.35. The summed E-state index contributed by atoms with van der Waals surface area (Å²) in [7, 11) is 0. The molecule has 2 nitrogen and oxygen atoms in total. The molecular weight excluding hydrogens is 240 g/mol. The molecule has 0 aliphatic heterocycles. The number of halogens is 1. The highest BCUT2D eigenvalue weighted by atomic mass is 35.5. The first-order chi connectivity index (χ1) is 7.66. The van der Waals surface area contributed by atoms with Crippen molar-refractivity contribution in [3.63, 3.8) is 0 Å². The van der Waals surface area contributed by atoms with E-state index in [1.807, 2.05) is 11.4 Å². The molecule has 0 spiro atoms. The van der Waals surface area contributed by atoms with Gasteiger partial charge >= 0.3 is 0 Å². The quantitative estimate of drug-likeness (QED) is 0.859. The van der Waals surface area contributed by atoms with Crippen LogP contribution in [0.1, 0.15) is 25.3 Å². The maximum absolute atomic E-state index is 5.79. The lowest BCUT2D eigenvalue weighted by molar-refractivity contribution is 0.869. The van der Waals surface area contributed by atoms with Gasteiger partial charge in [0.05, 0.1) is 0 Å². The second-order valence-corrected chi connectivity index (χ2v) is 5.09. The third-order valence-electron chi connectivity index (χ3n) is 2.30. The summed E-state index contributed by atoms with van der Waals surface area (Å²) in [5, 5.41) is 6.49. The fourth-order valence-electron chi connectivity index (χ4n) is 1.54. The van der Waals surface area contributed by atoms with Crippen LogP contribution in [-0.4, -0.2) is 4.98 Å². The number of hydrogen-bond donors (Lipinski definition) is 1. The molecule has 1 heterocycles. The largest absolute Gasteiger partial charge is 0.331 e. The first-order valence-corrected chi connectivity index (χ1v) is 6.39. The zero-order valence-electron chi connectivity index (χ0n) is 9.20. The number of nitrogens with one attached hydrogen (secondary N) is 1. The molecule has 1 aromatic carbocycles. The highest BCUT2D eigenvalue weighted by Gasteiger charge is 2.07. The second kappa shape index (κ2) is 4.85. The lowest BCUT2D eigenvalue weighted by Crippen LogP contribution is -1.96. The number of anilines is 2. The molecule has 0 saturated heterocycles. The lowest BCUT2D eigenvalue weighted by Gasteiger charge is -2.12. The first-order valence-electron chi connectivity index (χ1n) is 5.14. The van der Waals surface area contributed by atoms with Gasteiger partial charge in [0.15, 0.2) is 5.13 Å². The monoisotopic (exact) mass is 252 g/mol. The number of aromatic nitrogens is 1. The fourth-order valence-corrected chi connectivity index (χ4v) is 2.39. The molecule has 1 aromatic heterocycles. The number of rotatable bonds is 3. The molecule has 16 heavy (non-hydrogen) atoms. The van der Waals surface area contributed by atoms with Gasteiger partial charge in [0, 0.05) is 11.1 Å². The summed E-state index contributed by atoms with van der Waals surface area (Å²) in [6.07, 6.45) is 0. The Morgan fingerprint density at radius 2 is 2.06 bits per heavy atom. The number of hydrogen-bond acceptors (Lipinski definition) is 3. The van der Waals surface area contributed by atoms with Crippen molar-refractivity contribution in [2.75, 3.05) is 5.32 Å². The number of para-hydroxylation sites is 1. The van der Waals surface area contributed by atoms with Crippen molar-refractivity contribution in [2.24, 2.45) is 0 Å². The van der Waals surface area contributed by atoms with E-state index in [0.717, 1.165) is 10.8 Å². The van der Waals surface area contributed by atoms with Crippen LogP contribution in [0.3, 0.4) is 0 Å². The van der Waals surface area contributed by atoms with Crippen molar-refractivity contribution in [1.82, 2.24) is 4.98 Å². The van der Waals surface area contributed by atoms with Crippen molar-refractivity contribution in [1.29, 1.82) is 0 Å². The van der Waals surface area contributed by atoms with E-state index in [0.29, 0.717) is 11.1 Å². The highest BCUT2D eigenvalue weighted by molar-refractivity contribution is 7.14. The topological polar surface area (TPSA) is 24.9 Å². The SMILES string of the molecule is CC(C)c1ccccc1Nc1nc(Cl)cs1. The van der Waals surface area contributed by atoms with Crippen LogP contribution < -0.4 is 5.32 Å². The minimum atomic E-state index is 0.485. The minimum absolute atomic E-state index is 0.485. The summed E-state index contributed by atoms with van der Waals surface area (Å²) in [4.78, 5) is 4.18. The molecule has 0 amide bonds. The summed E-state index contributed by atoms with van der Waals surface area (Å²) >= 11 is 7.30. The van der Waals surface area contributed by atoms with Gasteiger partial charge in [0.25, 0.3) is 0 Å². The van der Waals surface area contributed by atoms with Gasteiger partial charge in [-0.3, -0.25) is 0 Å². The van der Waals surface area contributed by atoms with Gasteiger partial charge in [-0.2, -0.15) is 0 Å². The summed E-state index contributed by atoms with van der Waals surface area (Å²) in [6, 6.07) is 8.26. The molecular formula is C12H13ClN2S. The van der Waals surface area contributed by atoms with E-state index < -0.39 is 0 Å². The van der Waals surface area contributed by atoms with E-state index in [1.54, 1.807) is 0 Å². The Morgan fingerprint density at radius 3 is 2.69 bits per heavy atom. The predicted molar refractivity (Wildman–Crippen MR) is 70.9 cm³/mol. The molecule has 0 aliphatic carbocycles. The van der Waals surface area contributed by atoms with Crippen molar-refractivity contribution in [3.05, 3.63) is 40.4 Å². The van der Waals surface area contributed by atoms with Crippen LogP contribution in [0.2, 0.25) is 5.15 Å². The van der Waals surface area contributed by atoms with Crippen LogP contribution in [-0.2, 0) is 0 Å². The molecule has 0 aliphatic rings. The van der Waals surface area contributed by atoms with Gasteiger partial charge in [0.1, 0.15) is 5.15 Å². The molecule has 0 bridgehead atoms. The third-order valence-corrected chi connectivity index (χ3v) is 3.38. The number of benzene rings is 1. The molecule has 0 saturated carbocycles.